The van der Waals surface area contributed by atoms with Crippen LogP contribution in [0.4, 0.5) is 0 Å². The van der Waals surface area contributed by atoms with Gasteiger partial charge in [-0.25, -0.2) is 0 Å². The van der Waals surface area contributed by atoms with E-state index in [9.17, 15) is 0 Å². The van der Waals surface area contributed by atoms with Crippen LogP contribution in [0.2, 0.25) is 0 Å². The fourth-order valence-corrected chi connectivity index (χ4v) is 3.37. The zero-order valence-corrected chi connectivity index (χ0v) is 16.5. The first kappa shape index (κ1) is 20.0. The predicted octanol–water partition coefficient (Wildman–Crippen LogP) is 2.21. The van der Waals surface area contributed by atoms with Crippen LogP contribution in [0.15, 0.2) is 4.99 Å². The second-order valence-corrected chi connectivity index (χ2v) is 6.11. The second kappa shape index (κ2) is 11.5. The third-order valence-electron chi connectivity index (χ3n) is 4.66. The molecule has 2 saturated heterocycles. The van der Waals surface area contributed by atoms with Crippen molar-refractivity contribution < 1.29 is 4.74 Å². The summed E-state index contributed by atoms with van der Waals surface area (Å²) in [6.07, 6.45) is 8.08. The van der Waals surface area contributed by atoms with E-state index < -0.39 is 0 Å². The van der Waals surface area contributed by atoms with Gasteiger partial charge in [0.15, 0.2) is 5.96 Å². The average molecular weight is 424 g/mol. The minimum Gasteiger partial charge on any atom is -0.376 e. The van der Waals surface area contributed by atoms with Gasteiger partial charge in [-0.05, 0) is 38.6 Å². The summed E-state index contributed by atoms with van der Waals surface area (Å²) in [7, 11) is 1.83. The lowest BCUT2D eigenvalue weighted by Gasteiger charge is -2.35. The monoisotopic (exact) mass is 424 g/mol. The number of aliphatic imine (C=N–C) groups is 1. The van der Waals surface area contributed by atoms with Crippen LogP contribution in [0, 0.1) is 0 Å². The van der Waals surface area contributed by atoms with E-state index in [1.165, 1.54) is 38.6 Å². The Hall–Kier alpha value is -0.0800. The number of hydrogen-bond donors (Lipinski definition) is 2. The molecule has 2 N–H and O–H groups in total. The van der Waals surface area contributed by atoms with E-state index in [1.54, 1.807) is 0 Å². The Morgan fingerprint density at radius 1 is 1.23 bits per heavy atom. The van der Waals surface area contributed by atoms with Crippen LogP contribution < -0.4 is 10.6 Å². The molecule has 0 bridgehead atoms. The van der Waals surface area contributed by atoms with Crippen LogP contribution in [0.25, 0.3) is 0 Å². The van der Waals surface area contributed by atoms with E-state index in [0.717, 1.165) is 44.7 Å². The molecule has 2 aliphatic rings. The van der Waals surface area contributed by atoms with Crippen molar-refractivity contribution in [3.05, 3.63) is 0 Å². The highest BCUT2D eigenvalue weighted by molar-refractivity contribution is 14.0. The highest BCUT2D eigenvalue weighted by Gasteiger charge is 2.20. The van der Waals surface area contributed by atoms with Crippen LogP contribution in [0.1, 0.15) is 45.4 Å². The second-order valence-electron chi connectivity index (χ2n) is 6.11. The lowest BCUT2D eigenvalue weighted by Crippen LogP contribution is -2.46. The molecule has 6 heteroatoms. The third-order valence-corrected chi connectivity index (χ3v) is 4.66. The van der Waals surface area contributed by atoms with Crippen LogP contribution >= 0.6 is 24.0 Å². The Labute approximate surface area is 152 Å². The molecule has 2 fully saturated rings. The molecule has 2 rings (SSSR count). The van der Waals surface area contributed by atoms with Crippen molar-refractivity contribution in [1.82, 2.24) is 15.5 Å². The summed E-state index contributed by atoms with van der Waals surface area (Å²) in [5, 5.41) is 6.80. The van der Waals surface area contributed by atoms with Gasteiger partial charge in [0.1, 0.15) is 0 Å². The zero-order valence-electron chi connectivity index (χ0n) is 14.1. The number of guanidine groups is 1. The van der Waals surface area contributed by atoms with Crippen molar-refractivity contribution in [2.75, 3.05) is 39.8 Å². The summed E-state index contributed by atoms with van der Waals surface area (Å²) in [5.41, 5.74) is 0. The van der Waals surface area contributed by atoms with E-state index in [4.69, 9.17) is 4.74 Å². The molecule has 0 amide bonds. The van der Waals surface area contributed by atoms with Crippen LogP contribution in [0.5, 0.6) is 0 Å². The predicted molar refractivity (Wildman–Crippen MR) is 103 cm³/mol. The van der Waals surface area contributed by atoms with Gasteiger partial charge in [-0.2, -0.15) is 0 Å². The Morgan fingerprint density at radius 2 is 2.09 bits per heavy atom. The van der Waals surface area contributed by atoms with Gasteiger partial charge in [-0.15, -0.1) is 24.0 Å². The maximum absolute atomic E-state index is 5.62. The largest absolute Gasteiger partial charge is 0.376 e. The molecule has 2 heterocycles. The first-order chi connectivity index (χ1) is 10.3. The Balaban J connectivity index is 0.00000242. The molecule has 2 unspecified atom stereocenters. The van der Waals surface area contributed by atoms with Gasteiger partial charge in [-0.1, -0.05) is 13.3 Å². The fraction of sp³-hybridized carbons (Fsp3) is 0.938. The van der Waals surface area contributed by atoms with Crippen molar-refractivity contribution in [2.24, 2.45) is 4.99 Å². The Bertz CT molecular complexity index is 321. The average Bonchev–Trinajstić information content (AvgIpc) is 3.04. The molecule has 22 heavy (non-hydrogen) atoms. The van der Waals surface area contributed by atoms with Crippen LogP contribution in [-0.2, 0) is 4.74 Å². The minimum atomic E-state index is 0. The van der Waals surface area contributed by atoms with Crippen molar-refractivity contribution in [1.29, 1.82) is 0 Å². The topological polar surface area (TPSA) is 48.9 Å². The molecule has 0 aromatic carbocycles. The number of ether oxygens (including phenoxy) is 1. The van der Waals surface area contributed by atoms with Gasteiger partial charge >= 0.3 is 0 Å². The molecular weight excluding hydrogens is 391 g/mol. The van der Waals surface area contributed by atoms with E-state index in [0.29, 0.717) is 6.10 Å². The highest BCUT2D eigenvalue weighted by atomic mass is 127. The molecule has 0 aromatic heterocycles. The summed E-state index contributed by atoms with van der Waals surface area (Å²) in [5.74, 6) is 0.899. The van der Waals surface area contributed by atoms with Crippen molar-refractivity contribution in [2.45, 2.75) is 57.6 Å². The Kier molecular flexibility index (Phi) is 10.4. The number of piperidine rings is 1. The number of rotatable bonds is 6. The molecular formula is C16H33IN4O. The molecule has 5 nitrogen and oxygen atoms in total. The molecule has 0 radical (unpaired) electrons. The molecule has 0 spiro atoms. The maximum Gasteiger partial charge on any atom is 0.191 e. The van der Waals surface area contributed by atoms with Gasteiger partial charge < -0.3 is 15.4 Å². The number of nitrogens with one attached hydrogen (secondary N) is 2. The van der Waals surface area contributed by atoms with Gasteiger partial charge in [0.05, 0.1) is 6.10 Å². The van der Waals surface area contributed by atoms with Gasteiger partial charge in [0.2, 0.25) is 0 Å². The van der Waals surface area contributed by atoms with E-state index in [1.807, 2.05) is 7.05 Å². The molecule has 0 aliphatic carbocycles. The summed E-state index contributed by atoms with van der Waals surface area (Å²) in [4.78, 5) is 6.92. The number of likely N-dealkylation sites (tertiary alicyclic amines) is 1. The maximum atomic E-state index is 5.62. The minimum absolute atomic E-state index is 0. The molecule has 2 atom stereocenters. The number of nitrogens with zero attached hydrogens (tertiary/aromatic N) is 2. The van der Waals surface area contributed by atoms with Crippen molar-refractivity contribution in [3.8, 4) is 0 Å². The zero-order chi connectivity index (χ0) is 14.9. The highest BCUT2D eigenvalue weighted by Crippen LogP contribution is 2.18. The van der Waals surface area contributed by atoms with E-state index in [2.05, 4.69) is 27.4 Å². The van der Waals surface area contributed by atoms with Gasteiger partial charge in [0, 0.05) is 39.3 Å². The first-order valence-electron chi connectivity index (χ1n) is 8.63. The molecule has 130 valence electrons. The van der Waals surface area contributed by atoms with Crippen LogP contribution in [0.3, 0.4) is 0 Å². The molecule has 0 aromatic rings. The van der Waals surface area contributed by atoms with Crippen molar-refractivity contribution >= 4 is 29.9 Å². The van der Waals surface area contributed by atoms with Gasteiger partial charge in [-0.3, -0.25) is 9.89 Å². The summed E-state index contributed by atoms with van der Waals surface area (Å²) in [6, 6.07) is 0.780. The smallest absolute Gasteiger partial charge is 0.191 e. The summed E-state index contributed by atoms with van der Waals surface area (Å²) in [6.45, 7) is 7.40. The standard InChI is InChI=1S/C16H32N4O.HI/c1-3-14-7-4-5-10-20(14)11-9-18-16(17-2)19-13-15-8-6-12-21-15;/h14-15H,3-13H2,1-2H3,(H2,17,18,19);1H. The van der Waals surface area contributed by atoms with E-state index in [-0.39, 0.29) is 24.0 Å². The molecule has 0 saturated carbocycles. The first-order valence-corrected chi connectivity index (χ1v) is 8.63. The fourth-order valence-electron chi connectivity index (χ4n) is 3.37. The lowest BCUT2D eigenvalue weighted by molar-refractivity contribution is 0.113. The van der Waals surface area contributed by atoms with Crippen molar-refractivity contribution in [3.63, 3.8) is 0 Å². The summed E-state index contributed by atoms with van der Waals surface area (Å²) < 4.78 is 5.62. The Morgan fingerprint density at radius 3 is 2.77 bits per heavy atom. The van der Waals surface area contributed by atoms with Crippen LogP contribution in [-0.4, -0.2) is 62.8 Å². The number of hydrogen-bond acceptors (Lipinski definition) is 3. The van der Waals surface area contributed by atoms with Gasteiger partial charge in [0.25, 0.3) is 0 Å². The summed E-state index contributed by atoms with van der Waals surface area (Å²) >= 11 is 0. The quantitative estimate of drug-likeness (QED) is 0.390. The van der Waals surface area contributed by atoms with E-state index >= 15 is 0 Å². The third kappa shape index (κ3) is 6.58. The molecule has 2 aliphatic heterocycles. The normalized spacial score (nSPS) is 26.5. The number of halogens is 1. The lowest BCUT2D eigenvalue weighted by atomic mass is 10.0. The SMILES string of the molecule is CCC1CCCCN1CCNC(=NC)NCC1CCCO1.I.